The summed E-state index contributed by atoms with van der Waals surface area (Å²) in [6.45, 7) is 0. The third-order valence-electron chi connectivity index (χ3n) is 2.06. The summed E-state index contributed by atoms with van der Waals surface area (Å²) in [4.78, 5) is 0. The van der Waals surface area contributed by atoms with Crippen LogP contribution in [0.15, 0.2) is 42.5 Å². The Balaban J connectivity index is 2.58. The van der Waals surface area contributed by atoms with Crippen LogP contribution in [0.25, 0.3) is 11.1 Å². The van der Waals surface area contributed by atoms with Gasteiger partial charge in [-0.25, -0.2) is 13.2 Å². The topological polar surface area (TPSA) is 0 Å². The van der Waals surface area contributed by atoms with Crippen LogP contribution in [0.2, 0.25) is 0 Å². The molecule has 3 heteroatoms. The Morgan fingerprint density at radius 2 is 1.47 bits per heavy atom. The monoisotopic (exact) mass is 208 g/mol. The standard InChI is InChI=1S/C12H7F3/c13-9-3-1-2-8(6-9)11-7-10(14)4-5-12(11)15/h1-7H. The second kappa shape index (κ2) is 3.77. The second-order valence-corrected chi connectivity index (χ2v) is 3.13. The molecule has 0 radical (unpaired) electrons. The molecule has 0 atom stereocenters. The molecule has 0 aliphatic rings. The molecule has 0 aliphatic heterocycles. The molecule has 0 N–H and O–H groups in total. The van der Waals surface area contributed by atoms with Crippen LogP contribution in [0.4, 0.5) is 13.2 Å². The highest BCUT2D eigenvalue weighted by molar-refractivity contribution is 5.64. The molecule has 0 fully saturated rings. The average Bonchev–Trinajstić information content (AvgIpc) is 2.22. The maximum Gasteiger partial charge on any atom is 0.131 e. The van der Waals surface area contributed by atoms with Gasteiger partial charge in [0.05, 0.1) is 0 Å². The third kappa shape index (κ3) is 2.01. The summed E-state index contributed by atoms with van der Waals surface area (Å²) >= 11 is 0. The van der Waals surface area contributed by atoms with Gasteiger partial charge < -0.3 is 0 Å². The highest BCUT2D eigenvalue weighted by Crippen LogP contribution is 2.23. The van der Waals surface area contributed by atoms with E-state index in [0.717, 1.165) is 24.3 Å². The van der Waals surface area contributed by atoms with Gasteiger partial charge in [-0.05, 0) is 35.9 Å². The highest BCUT2D eigenvalue weighted by Gasteiger charge is 2.06. The van der Waals surface area contributed by atoms with Crippen LogP contribution >= 0.6 is 0 Å². The lowest BCUT2D eigenvalue weighted by Crippen LogP contribution is -1.87. The summed E-state index contributed by atoms with van der Waals surface area (Å²) in [7, 11) is 0. The van der Waals surface area contributed by atoms with E-state index in [1.165, 1.54) is 18.2 Å². The van der Waals surface area contributed by atoms with Crippen LogP contribution in [-0.4, -0.2) is 0 Å². The Kier molecular flexibility index (Phi) is 2.46. The fourth-order valence-corrected chi connectivity index (χ4v) is 1.37. The van der Waals surface area contributed by atoms with Crippen LogP contribution in [-0.2, 0) is 0 Å². The van der Waals surface area contributed by atoms with E-state index in [-0.39, 0.29) is 5.56 Å². The summed E-state index contributed by atoms with van der Waals surface area (Å²) in [5.74, 6) is -1.59. The van der Waals surface area contributed by atoms with E-state index in [1.54, 1.807) is 0 Å². The molecule has 0 saturated carbocycles. The first-order valence-electron chi connectivity index (χ1n) is 4.38. The summed E-state index contributed by atoms with van der Waals surface area (Å²) in [5, 5.41) is 0. The molecule has 0 nitrogen and oxygen atoms in total. The molecular weight excluding hydrogens is 201 g/mol. The van der Waals surface area contributed by atoms with E-state index in [1.807, 2.05) is 0 Å². The van der Waals surface area contributed by atoms with E-state index in [0.29, 0.717) is 5.56 Å². The molecule has 2 rings (SSSR count). The quantitative estimate of drug-likeness (QED) is 0.669. The van der Waals surface area contributed by atoms with Gasteiger partial charge in [0.15, 0.2) is 0 Å². The Hall–Kier alpha value is -1.77. The molecule has 0 aliphatic carbocycles. The molecule has 2 aromatic carbocycles. The maximum absolute atomic E-state index is 13.3. The zero-order chi connectivity index (χ0) is 10.8. The summed E-state index contributed by atoms with van der Waals surface area (Å²) in [5.41, 5.74) is 0.390. The average molecular weight is 208 g/mol. The van der Waals surface area contributed by atoms with Crippen molar-refractivity contribution >= 4 is 0 Å². The normalized spacial score (nSPS) is 10.3. The van der Waals surface area contributed by atoms with Gasteiger partial charge >= 0.3 is 0 Å². The van der Waals surface area contributed by atoms with Crippen molar-refractivity contribution in [3.8, 4) is 11.1 Å². The van der Waals surface area contributed by atoms with Crippen LogP contribution in [0.1, 0.15) is 0 Å². The van der Waals surface area contributed by atoms with E-state index in [4.69, 9.17) is 0 Å². The molecule has 0 amide bonds. The fourth-order valence-electron chi connectivity index (χ4n) is 1.37. The number of halogens is 3. The molecule has 0 bridgehead atoms. The van der Waals surface area contributed by atoms with E-state index in [9.17, 15) is 13.2 Å². The molecule has 0 saturated heterocycles. The first kappa shape index (κ1) is 9.77. The van der Waals surface area contributed by atoms with Crippen LogP contribution in [0.3, 0.4) is 0 Å². The van der Waals surface area contributed by atoms with Gasteiger partial charge in [-0.15, -0.1) is 0 Å². The fraction of sp³-hybridized carbons (Fsp3) is 0. The van der Waals surface area contributed by atoms with Crippen LogP contribution < -0.4 is 0 Å². The van der Waals surface area contributed by atoms with Gasteiger partial charge in [0.1, 0.15) is 17.5 Å². The van der Waals surface area contributed by atoms with Gasteiger partial charge in [0.25, 0.3) is 0 Å². The molecule has 0 heterocycles. The first-order valence-corrected chi connectivity index (χ1v) is 4.38. The van der Waals surface area contributed by atoms with E-state index in [2.05, 4.69) is 0 Å². The molecular formula is C12H7F3. The lowest BCUT2D eigenvalue weighted by molar-refractivity contribution is 0.602. The summed E-state index contributed by atoms with van der Waals surface area (Å²) in [6.07, 6.45) is 0. The number of rotatable bonds is 1. The van der Waals surface area contributed by atoms with Crippen LogP contribution in [0.5, 0.6) is 0 Å². The zero-order valence-electron chi connectivity index (χ0n) is 7.68. The summed E-state index contributed by atoms with van der Waals surface area (Å²) < 4.78 is 39.0. The largest absolute Gasteiger partial charge is 0.207 e. The smallest absolute Gasteiger partial charge is 0.131 e. The van der Waals surface area contributed by atoms with Gasteiger partial charge in [-0.3, -0.25) is 0 Å². The van der Waals surface area contributed by atoms with E-state index >= 15 is 0 Å². The predicted octanol–water partition coefficient (Wildman–Crippen LogP) is 3.77. The SMILES string of the molecule is Fc1cccc(-c2cc(F)ccc2F)c1. The number of benzene rings is 2. The summed E-state index contributed by atoms with van der Waals surface area (Å²) in [6, 6.07) is 8.49. The van der Waals surface area contributed by atoms with Crippen molar-refractivity contribution in [3.05, 3.63) is 59.9 Å². The van der Waals surface area contributed by atoms with Gasteiger partial charge in [-0.2, -0.15) is 0 Å². The third-order valence-corrected chi connectivity index (χ3v) is 2.06. The minimum Gasteiger partial charge on any atom is -0.207 e. The molecule has 15 heavy (non-hydrogen) atoms. The van der Waals surface area contributed by atoms with Crippen molar-refractivity contribution in [2.75, 3.05) is 0 Å². The predicted molar refractivity (Wildman–Crippen MR) is 51.8 cm³/mol. The zero-order valence-corrected chi connectivity index (χ0v) is 7.68. The van der Waals surface area contributed by atoms with Crippen molar-refractivity contribution in [1.29, 1.82) is 0 Å². The van der Waals surface area contributed by atoms with Gasteiger partial charge in [0, 0.05) is 5.56 Å². The van der Waals surface area contributed by atoms with Crippen molar-refractivity contribution in [1.82, 2.24) is 0 Å². The van der Waals surface area contributed by atoms with Crippen molar-refractivity contribution in [2.45, 2.75) is 0 Å². The highest BCUT2D eigenvalue weighted by atomic mass is 19.1. The lowest BCUT2D eigenvalue weighted by atomic mass is 10.1. The Bertz CT molecular complexity index is 492. The number of hydrogen-bond acceptors (Lipinski definition) is 0. The number of hydrogen-bond donors (Lipinski definition) is 0. The molecule has 76 valence electrons. The molecule has 0 spiro atoms. The van der Waals surface area contributed by atoms with Crippen molar-refractivity contribution in [2.24, 2.45) is 0 Å². The minimum atomic E-state index is -0.568. The van der Waals surface area contributed by atoms with Gasteiger partial charge in [0.2, 0.25) is 0 Å². The molecule has 0 aromatic heterocycles. The Morgan fingerprint density at radius 3 is 2.20 bits per heavy atom. The lowest BCUT2D eigenvalue weighted by Gasteiger charge is -2.03. The molecule has 0 unspecified atom stereocenters. The second-order valence-electron chi connectivity index (χ2n) is 3.13. The first-order chi connectivity index (χ1) is 7.16. The van der Waals surface area contributed by atoms with Crippen LogP contribution in [0, 0.1) is 17.5 Å². The van der Waals surface area contributed by atoms with Crippen molar-refractivity contribution < 1.29 is 13.2 Å². The maximum atomic E-state index is 13.3. The van der Waals surface area contributed by atoms with E-state index < -0.39 is 17.5 Å². The molecule has 2 aromatic rings. The minimum absolute atomic E-state index is 0.0644. The Labute approximate surface area is 85.0 Å². The Morgan fingerprint density at radius 1 is 0.733 bits per heavy atom. The van der Waals surface area contributed by atoms with Gasteiger partial charge in [-0.1, -0.05) is 12.1 Å². The van der Waals surface area contributed by atoms with Crippen molar-refractivity contribution in [3.63, 3.8) is 0 Å².